The van der Waals surface area contributed by atoms with E-state index in [4.69, 9.17) is 10.5 Å². The smallest absolute Gasteiger partial charge is 0.255 e. The van der Waals surface area contributed by atoms with Gasteiger partial charge in [0.2, 0.25) is 0 Å². The number of nitrogens with one attached hydrogen (secondary N) is 1. The van der Waals surface area contributed by atoms with Crippen molar-refractivity contribution in [3.8, 4) is 11.5 Å². The Labute approximate surface area is 107 Å². The van der Waals surface area contributed by atoms with Crippen LogP contribution in [0.15, 0.2) is 18.2 Å². The lowest BCUT2D eigenvalue weighted by Crippen LogP contribution is -2.54. The van der Waals surface area contributed by atoms with Crippen LogP contribution in [-0.2, 0) is 0 Å². The molecular weight excluding hydrogens is 232 g/mol. The van der Waals surface area contributed by atoms with Crippen LogP contribution in [0.25, 0.3) is 0 Å². The number of aromatic hydroxyl groups is 1. The Morgan fingerprint density at radius 2 is 2.11 bits per heavy atom. The zero-order valence-corrected chi connectivity index (χ0v) is 11.2. The molecule has 1 aromatic rings. The molecule has 5 nitrogen and oxygen atoms in total. The van der Waals surface area contributed by atoms with Gasteiger partial charge in [0.15, 0.2) is 0 Å². The van der Waals surface area contributed by atoms with Gasteiger partial charge in [-0.3, -0.25) is 4.79 Å². The maximum absolute atomic E-state index is 12.0. The van der Waals surface area contributed by atoms with E-state index in [0.717, 1.165) is 0 Å². The summed E-state index contributed by atoms with van der Waals surface area (Å²) in [6.45, 7) is 5.47. The number of benzene rings is 1. The molecule has 5 heteroatoms. The zero-order valence-electron chi connectivity index (χ0n) is 11.2. The number of carbonyl (C=O) groups excluding carboxylic acids is 1. The Kier molecular flexibility index (Phi) is 4.19. The van der Waals surface area contributed by atoms with Gasteiger partial charge in [0, 0.05) is 17.6 Å². The number of rotatable bonds is 4. The molecule has 4 N–H and O–H groups in total. The summed E-state index contributed by atoms with van der Waals surface area (Å²) in [6.07, 6.45) is 0. The summed E-state index contributed by atoms with van der Waals surface area (Å²) in [4.78, 5) is 12.0. The zero-order chi connectivity index (χ0) is 13.9. The fraction of sp³-hybridized carbons (Fsp3) is 0.462. The molecule has 1 atom stereocenters. The summed E-state index contributed by atoms with van der Waals surface area (Å²) in [5, 5.41) is 12.5. The molecule has 1 amide bonds. The van der Waals surface area contributed by atoms with E-state index >= 15 is 0 Å². The Morgan fingerprint density at radius 1 is 1.50 bits per heavy atom. The molecule has 0 aliphatic carbocycles. The third-order valence-electron chi connectivity index (χ3n) is 3.02. The van der Waals surface area contributed by atoms with Gasteiger partial charge in [0.05, 0.1) is 12.7 Å². The van der Waals surface area contributed by atoms with Crippen LogP contribution in [0.4, 0.5) is 0 Å². The Bertz CT molecular complexity index is 442. The molecule has 0 heterocycles. The lowest BCUT2D eigenvalue weighted by Gasteiger charge is -2.30. The van der Waals surface area contributed by atoms with Crippen LogP contribution in [0.5, 0.6) is 11.5 Å². The minimum Gasteiger partial charge on any atom is -0.507 e. The van der Waals surface area contributed by atoms with Gasteiger partial charge in [-0.25, -0.2) is 0 Å². The average molecular weight is 252 g/mol. The summed E-state index contributed by atoms with van der Waals surface area (Å²) >= 11 is 0. The molecule has 1 unspecified atom stereocenters. The van der Waals surface area contributed by atoms with E-state index < -0.39 is 5.54 Å². The van der Waals surface area contributed by atoms with Crippen molar-refractivity contribution in [2.45, 2.75) is 32.4 Å². The normalized spacial score (nSPS) is 12.9. The number of ether oxygens (including phenoxy) is 1. The average Bonchev–Trinajstić information content (AvgIpc) is 2.27. The second-order valence-electron chi connectivity index (χ2n) is 4.85. The van der Waals surface area contributed by atoms with Crippen LogP contribution in [0, 0.1) is 0 Å². The van der Waals surface area contributed by atoms with E-state index in [-0.39, 0.29) is 23.3 Å². The number of nitrogens with two attached hydrogens (primary N) is 1. The SMILES string of the molecule is COc1ccc(C(=O)NC(C)(C)C(C)N)c(O)c1. The highest BCUT2D eigenvalue weighted by molar-refractivity contribution is 5.97. The number of phenols is 1. The Balaban J connectivity index is 2.92. The molecule has 0 aliphatic heterocycles. The van der Waals surface area contributed by atoms with Crippen molar-refractivity contribution in [3.63, 3.8) is 0 Å². The number of phenolic OH excluding ortho intramolecular Hbond substituents is 1. The summed E-state index contributed by atoms with van der Waals surface area (Å²) in [7, 11) is 1.49. The second kappa shape index (κ2) is 5.27. The third kappa shape index (κ3) is 3.13. The lowest BCUT2D eigenvalue weighted by atomic mass is 9.96. The highest BCUT2D eigenvalue weighted by Crippen LogP contribution is 2.23. The fourth-order valence-electron chi connectivity index (χ4n) is 1.30. The van der Waals surface area contributed by atoms with Crippen LogP contribution >= 0.6 is 0 Å². The van der Waals surface area contributed by atoms with Crippen molar-refractivity contribution in [3.05, 3.63) is 23.8 Å². The molecule has 1 rings (SSSR count). The summed E-state index contributed by atoms with van der Waals surface area (Å²) in [6, 6.07) is 4.32. The Hall–Kier alpha value is -1.75. The second-order valence-corrected chi connectivity index (χ2v) is 4.85. The maximum Gasteiger partial charge on any atom is 0.255 e. The van der Waals surface area contributed by atoms with Gasteiger partial charge in [-0.05, 0) is 32.9 Å². The fourth-order valence-corrected chi connectivity index (χ4v) is 1.30. The van der Waals surface area contributed by atoms with Crippen LogP contribution < -0.4 is 15.8 Å². The number of hydrogen-bond donors (Lipinski definition) is 3. The van der Waals surface area contributed by atoms with Gasteiger partial charge in [-0.15, -0.1) is 0 Å². The van der Waals surface area contributed by atoms with Gasteiger partial charge in [-0.2, -0.15) is 0 Å². The highest BCUT2D eigenvalue weighted by Gasteiger charge is 2.26. The van der Waals surface area contributed by atoms with Gasteiger partial charge in [-0.1, -0.05) is 0 Å². The first kappa shape index (κ1) is 14.3. The van der Waals surface area contributed by atoms with Crippen LogP contribution in [0.3, 0.4) is 0 Å². The topological polar surface area (TPSA) is 84.6 Å². The predicted molar refractivity (Wildman–Crippen MR) is 69.9 cm³/mol. The molecular formula is C13H20N2O3. The third-order valence-corrected chi connectivity index (χ3v) is 3.02. The monoisotopic (exact) mass is 252 g/mol. The molecule has 0 aromatic heterocycles. The molecule has 0 spiro atoms. The van der Waals surface area contributed by atoms with E-state index in [0.29, 0.717) is 5.75 Å². The standard InChI is InChI=1S/C13H20N2O3/c1-8(14)13(2,3)15-12(17)10-6-5-9(18-4)7-11(10)16/h5-8,16H,14H2,1-4H3,(H,15,17). The molecule has 0 bridgehead atoms. The minimum absolute atomic E-state index is 0.118. The first-order valence-electron chi connectivity index (χ1n) is 5.73. The van der Waals surface area contributed by atoms with E-state index in [1.165, 1.54) is 19.2 Å². The number of carbonyl (C=O) groups is 1. The van der Waals surface area contributed by atoms with Crippen molar-refractivity contribution in [2.75, 3.05) is 7.11 Å². The first-order chi connectivity index (χ1) is 8.27. The molecule has 0 saturated heterocycles. The minimum atomic E-state index is -0.552. The van der Waals surface area contributed by atoms with Crippen molar-refractivity contribution in [1.29, 1.82) is 0 Å². The summed E-state index contributed by atoms with van der Waals surface area (Å²) in [5.74, 6) is 0.0141. The molecule has 0 radical (unpaired) electrons. The van der Waals surface area contributed by atoms with E-state index in [1.807, 2.05) is 20.8 Å². The molecule has 0 fully saturated rings. The van der Waals surface area contributed by atoms with Gasteiger partial charge in [0.25, 0.3) is 5.91 Å². The van der Waals surface area contributed by atoms with Crippen LogP contribution in [-0.4, -0.2) is 29.7 Å². The summed E-state index contributed by atoms with van der Waals surface area (Å²) < 4.78 is 4.96. The predicted octanol–water partition coefficient (Wildman–Crippen LogP) is 1.26. The molecule has 0 saturated carbocycles. The lowest BCUT2D eigenvalue weighted by molar-refractivity contribution is 0.0900. The van der Waals surface area contributed by atoms with Crippen molar-refractivity contribution in [2.24, 2.45) is 5.73 Å². The molecule has 18 heavy (non-hydrogen) atoms. The number of methoxy groups -OCH3 is 1. The molecule has 1 aromatic carbocycles. The van der Waals surface area contributed by atoms with Crippen LogP contribution in [0.2, 0.25) is 0 Å². The summed E-state index contributed by atoms with van der Waals surface area (Å²) in [5.41, 5.74) is 5.43. The van der Waals surface area contributed by atoms with Crippen molar-refractivity contribution >= 4 is 5.91 Å². The quantitative estimate of drug-likeness (QED) is 0.753. The van der Waals surface area contributed by atoms with Crippen molar-refractivity contribution < 1.29 is 14.6 Å². The maximum atomic E-state index is 12.0. The molecule has 0 aliphatic rings. The van der Waals surface area contributed by atoms with Crippen molar-refractivity contribution in [1.82, 2.24) is 5.32 Å². The van der Waals surface area contributed by atoms with E-state index in [9.17, 15) is 9.90 Å². The highest BCUT2D eigenvalue weighted by atomic mass is 16.5. The Morgan fingerprint density at radius 3 is 2.56 bits per heavy atom. The first-order valence-corrected chi connectivity index (χ1v) is 5.73. The van der Waals surface area contributed by atoms with E-state index in [2.05, 4.69) is 5.32 Å². The van der Waals surface area contributed by atoms with Gasteiger partial charge < -0.3 is 20.9 Å². The van der Waals surface area contributed by atoms with Crippen LogP contribution in [0.1, 0.15) is 31.1 Å². The van der Waals surface area contributed by atoms with Gasteiger partial charge >= 0.3 is 0 Å². The number of hydrogen-bond acceptors (Lipinski definition) is 4. The van der Waals surface area contributed by atoms with E-state index in [1.54, 1.807) is 6.07 Å². The number of amides is 1. The van der Waals surface area contributed by atoms with Gasteiger partial charge in [0.1, 0.15) is 11.5 Å². The largest absolute Gasteiger partial charge is 0.507 e. The molecule has 100 valence electrons.